The van der Waals surface area contributed by atoms with Crippen molar-refractivity contribution in [2.45, 2.75) is 52.2 Å². The van der Waals surface area contributed by atoms with Crippen LogP contribution in [0.15, 0.2) is 29.3 Å². The summed E-state index contributed by atoms with van der Waals surface area (Å²) in [5.41, 5.74) is 0.934. The summed E-state index contributed by atoms with van der Waals surface area (Å²) >= 11 is 6.12. The SMILES string of the molecule is CC(C)(C)n1ncc(OCc2ccc(CCCCF)nc2)c(Cl)c1=O. The van der Waals surface area contributed by atoms with Gasteiger partial charge in [0.1, 0.15) is 6.61 Å². The fourth-order valence-corrected chi connectivity index (χ4v) is 2.43. The number of rotatable bonds is 7. The van der Waals surface area contributed by atoms with Crippen LogP contribution in [0.3, 0.4) is 0 Å². The summed E-state index contributed by atoms with van der Waals surface area (Å²) in [6.07, 6.45) is 5.25. The molecule has 0 N–H and O–H groups in total. The Balaban J connectivity index is 2.02. The quantitative estimate of drug-likeness (QED) is 0.696. The Bertz CT molecular complexity index is 754. The highest BCUT2D eigenvalue weighted by molar-refractivity contribution is 6.31. The minimum Gasteiger partial charge on any atom is -0.485 e. The predicted molar refractivity (Wildman–Crippen MR) is 96.0 cm³/mol. The van der Waals surface area contributed by atoms with Gasteiger partial charge >= 0.3 is 0 Å². The third-order valence-electron chi connectivity index (χ3n) is 3.62. The van der Waals surface area contributed by atoms with Gasteiger partial charge in [-0.1, -0.05) is 17.7 Å². The number of hydrogen-bond donors (Lipinski definition) is 0. The van der Waals surface area contributed by atoms with Crippen LogP contribution in [0.5, 0.6) is 5.75 Å². The molecule has 5 nitrogen and oxygen atoms in total. The fourth-order valence-electron chi connectivity index (χ4n) is 2.25. The van der Waals surface area contributed by atoms with Gasteiger partial charge in [-0.3, -0.25) is 14.2 Å². The van der Waals surface area contributed by atoms with Gasteiger partial charge in [-0.05, 0) is 46.1 Å². The maximum Gasteiger partial charge on any atom is 0.289 e. The summed E-state index contributed by atoms with van der Waals surface area (Å²) in [6, 6.07) is 3.80. The zero-order chi connectivity index (χ0) is 18.4. The Morgan fingerprint density at radius 2 is 2.00 bits per heavy atom. The maximum atomic E-state index is 12.3. The summed E-state index contributed by atoms with van der Waals surface area (Å²) in [6.45, 7) is 5.56. The number of nitrogens with zero attached hydrogens (tertiary/aromatic N) is 3. The molecule has 0 saturated carbocycles. The molecule has 25 heavy (non-hydrogen) atoms. The Kier molecular flexibility index (Phi) is 6.53. The smallest absolute Gasteiger partial charge is 0.289 e. The number of pyridine rings is 1. The van der Waals surface area contributed by atoms with E-state index in [2.05, 4.69) is 10.1 Å². The molecule has 0 unspecified atom stereocenters. The third-order valence-corrected chi connectivity index (χ3v) is 3.97. The van der Waals surface area contributed by atoms with Crippen LogP contribution in [0.25, 0.3) is 0 Å². The molecule has 2 rings (SSSR count). The Hall–Kier alpha value is -1.95. The van der Waals surface area contributed by atoms with E-state index in [9.17, 15) is 9.18 Å². The van der Waals surface area contributed by atoms with Gasteiger partial charge in [-0.2, -0.15) is 5.10 Å². The molecule has 0 radical (unpaired) electrons. The number of aromatic nitrogens is 3. The fraction of sp³-hybridized carbons (Fsp3) is 0.500. The Morgan fingerprint density at radius 3 is 2.60 bits per heavy atom. The molecule has 0 aliphatic carbocycles. The highest BCUT2D eigenvalue weighted by Crippen LogP contribution is 2.21. The molecule has 7 heteroatoms. The van der Waals surface area contributed by atoms with Gasteiger partial charge < -0.3 is 4.74 Å². The molecule has 0 amide bonds. The average Bonchev–Trinajstić information content (AvgIpc) is 2.56. The zero-order valence-corrected chi connectivity index (χ0v) is 15.5. The van der Waals surface area contributed by atoms with Crippen molar-refractivity contribution < 1.29 is 9.13 Å². The highest BCUT2D eigenvalue weighted by atomic mass is 35.5. The minimum atomic E-state index is -0.457. The monoisotopic (exact) mass is 367 g/mol. The number of aryl methyl sites for hydroxylation is 1. The van der Waals surface area contributed by atoms with E-state index in [-0.39, 0.29) is 29.6 Å². The van der Waals surface area contributed by atoms with E-state index in [1.807, 2.05) is 32.9 Å². The lowest BCUT2D eigenvalue weighted by molar-refractivity contribution is 0.292. The first-order chi connectivity index (χ1) is 11.8. The van der Waals surface area contributed by atoms with Crippen molar-refractivity contribution in [3.63, 3.8) is 0 Å². The van der Waals surface area contributed by atoms with Gasteiger partial charge in [0.05, 0.1) is 18.4 Å². The summed E-state index contributed by atoms with van der Waals surface area (Å²) in [4.78, 5) is 16.6. The number of alkyl halides is 1. The second-order valence-electron chi connectivity index (χ2n) is 6.80. The number of hydrogen-bond acceptors (Lipinski definition) is 4. The zero-order valence-electron chi connectivity index (χ0n) is 14.8. The van der Waals surface area contributed by atoms with E-state index in [4.69, 9.17) is 16.3 Å². The van der Waals surface area contributed by atoms with Crippen LogP contribution < -0.4 is 10.3 Å². The van der Waals surface area contributed by atoms with Crippen molar-refractivity contribution in [2.24, 2.45) is 0 Å². The molecular weight excluding hydrogens is 345 g/mol. The largest absolute Gasteiger partial charge is 0.485 e. The van der Waals surface area contributed by atoms with Gasteiger partial charge in [-0.25, -0.2) is 4.68 Å². The molecule has 0 aliphatic rings. The molecular formula is C18H23ClFN3O2. The van der Waals surface area contributed by atoms with Gasteiger partial charge in [0.25, 0.3) is 5.56 Å². The number of halogens is 2. The molecule has 0 fully saturated rings. The molecule has 2 heterocycles. The van der Waals surface area contributed by atoms with Crippen molar-refractivity contribution in [3.8, 4) is 5.75 Å². The second kappa shape index (κ2) is 8.43. The lowest BCUT2D eigenvalue weighted by atomic mass is 10.1. The first-order valence-corrected chi connectivity index (χ1v) is 8.61. The van der Waals surface area contributed by atoms with Gasteiger partial charge in [0.2, 0.25) is 0 Å². The van der Waals surface area contributed by atoms with Crippen LogP contribution in [-0.4, -0.2) is 21.4 Å². The summed E-state index contributed by atoms with van der Waals surface area (Å²) in [7, 11) is 0. The first-order valence-electron chi connectivity index (χ1n) is 8.24. The van der Waals surface area contributed by atoms with Gasteiger partial charge in [-0.15, -0.1) is 0 Å². The summed E-state index contributed by atoms with van der Waals surface area (Å²) in [5.74, 6) is 0.249. The summed E-state index contributed by atoms with van der Waals surface area (Å²) in [5, 5.41) is 4.14. The first kappa shape index (κ1) is 19.4. The Morgan fingerprint density at radius 1 is 1.24 bits per heavy atom. The molecule has 0 aromatic carbocycles. The molecule has 136 valence electrons. The number of ether oxygens (including phenoxy) is 1. The molecule has 0 aliphatic heterocycles. The molecule has 0 spiro atoms. The van der Waals surface area contributed by atoms with Crippen LogP contribution in [0, 0.1) is 0 Å². The molecule has 0 saturated heterocycles. The molecule has 2 aromatic heterocycles. The maximum absolute atomic E-state index is 12.3. The van der Waals surface area contributed by atoms with Crippen LogP contribution in [0.4, 0.5) is 4.39 Å². The van der Waals surface area contributed by atoms with Crippen LogP contribution in [0.2, 0.25) is 5.02 Å². The van der Waals surface area contributed by atoms with Crippen molar-refractivity contribution in [1.29, 1.82) is 0 Å². The van der Waals surface area contributed by atoms with Crippen molar-refractivity contribution >= 4 is 11.6 Å². The van der Waals surface area contributed by atoms with E-state index in [0.29, 0.717) is 6.42 Å². The van der Waals surface area contributed by atoms with Crippen LogP contribution >= 0.6 is 11.6 Å². The third kappa shape index (κ3) is 5.26. The van der Waals surface area contributed by atoms with E-state index in [0.717, 1.165) is 24.1 Å². The highest BCUT2D eigenvalue weighted by Gasteiger charge is 2.19. The van der Waals surface area contributed by atoms with Crippen molar-refractivity contribution in [3.05, 3.63) is 51.2 Å². The standard InChI is InChI=1S/C18H23ClFN3O2/c1-18(2,3)23-17(24)16(19)15(11-22-23)25-12-13-7-8-14(21-10-13)6-4-5-9-20/h7-8,10-11H,4-6,9,12H2,1-3H3. The normalized spacial score (nSPS) is 11.6. The van der Waals surface area contributed by atoms with E-state index in [1.54, 1.807) is 6.20 Å². The average molecular weight is 368 g/mol. The predicted octanol–water partition coefficient (Wildman–Crippen LogP) is 3.92. The summed E-state index contributed by atoms with van der Waals surface area (Å²) < 4.78 is 19.0. The lowest BCUT2D eigenvalue weighted by Crippen LogP contribution is -2.36. The van der Waals surface area contributed by atoms with Gasteiger partial charge in [0.15, 0.2) is 10.8 Å². The van der Waals surface area contributed by atoms with Crippen molar-refractivity contribution in [1.82, 2.24) is 14.8 Å². The Labute approximate surface area is 151 Å². The van der Waals surface area contributed by atoms with E-state index < -0.39 is 5.54 Å². The van der Waals surface area contributed by atoms with E-state index in [1.165, 1.54) is 10.9 Å². The minimum absolute atomic E-state index is 0.0146. The van der Waals surface area contributed by atoms with Gasteiger partial charge in [0, 0.05) is 17.5 Å². The lowest BCUT2D eigenvalue weighted by Gasteiger charge is -2.21. The molecule has 0 bridgehead atoms. The number of unbranched alkanes of at least 4 members (excludes halogenated alkanes) is 1. The second-order valence-corrected chi connectivity index (χ2v) is 7.18. The van der Waals surface area contributed by atoms with Crippen LogP contribution in [0.1, 0.15) is 44.9 Å². The van der Waals surface area contributed by atoms with Crippen molar-refractivity contribution in [2.75, 3.05) is 6.67 Å². The van der Waals surface area contributed by atoms with Crippen LogP contribution in [-0.2, 0) is 18.6 Å². The molecule has 2 aromatic rings. The van der Waals surface area contributed by atoms with E-state index >= 15 is 0 Å². The molecule has 0 atom stereocenters. The topological polar surface area (TPSA) is 57.0 Å².